The van der Waals surface area contributed by atoms with E-state index >= 15 is 0 Å². The molecule has 1 aliphatic rings. The molecule has 0 amide bonds. The van der Waals surface area contributed by atoms with Crippen molar-refractivity contribution in [3.05, 3.63) is 149 Å². The maximum Gasteiger partial charge on any atom is 0.188 e. The summed E-state index contributed by atoms with van der Waals surface area (Å²) in [6.45, 7) is 12.4. The highest BCUT2D eigenvalue weighted by molar-refractivity contribution is 6.16. The lowest BCUT2D eigenvalue weighted by Gasteiger charge is -2.21. The molecule has 0 N–H and O–H groups in total. The zero-order valence-corrected chi connectivity index (χ0v) is 24.8. The van der Waals surface area contributed by atoms with Gasteiger partial charge in [-0.05, 0) is 76.7 Å². The molecule has 0 saturated carbocycles. The SMILES string of the molecule is [C-]#[N+]c1ccc2c(c1)c1ccc3c(c1n2-c1cccc(-n2c4ccccc4c4cc(C#N)ccc42)c1)-c1ccccc1C3(C)C. The summed E-state index contributed by atoms with van der Waals surface area (Å²) >= 11 is 0. The minimum absolute atomic E-state index is 0.129. The first-order chi connectivity index (χ1) is 22.0. The summed E-state index contributed by atoms with van der Waals surface area (Å²) in [5, 5.41) is 14.0. The first-order valence-electron chi connectivity index (χ1n) is 15.1. The van der Waals surface area contributed by atoms with Crippen LogP contribution in [0.4, 0.5) is 5.69 Å². The average Bonchev–Trinajstić information content (AvgIpc) is 3.67. The second-order valence-corrected chi connectivity index (χ2v) is 12.4. The minimum atomic E-state index is -0.129. The number of benzene rings is 6. The van der Waals surface area contributed by atoms with E-state index in [1.807, 2.05) is 24.3 Å². The Balaban J connectivity index is 1.39. The topological polar surface area (TPSA) is 38.0 Å². The number of para-hydroxylation sites is 1. The van der Waals surface area contributed by atoms with Crippen molar-refractivity contribution in [1.82, 2.24) is 9.13 Å². The molecular formula is C41H26N4. The number of nitriles is 1. The third-order valence-corrected chi connectivity index (χ3v) is 9.73. The van der Waals surface area contributed by atoms with E-state index in [1.165, 1.54) is 27.8 Å². The standard InChI is InChI=1S/C41H26N4/c1-41(2)34-13-6-4-12-31(34)39-35(41)18-17-30-33-22-26(43-3)16-20-38(33)45(40(30)39)28-10-8-9-27(23-28)44-36-14-7-5-11-29(36)32-21-25(24-42)15-19-37(32)44/h4-23H,1-2H3. The summed E-state index contributed by atoms with van der Waals surface area (Å²) in [5.74, 6) is 0. The molecule has 0 saturated heterocycles. The predicted octanol–water partition coefficient (Wildman–Crippen LogP) is 10.6. The summed E-state index contributed by atoms with van der Waals surface area (Å²) in [6.07, 6.45) is 0. The Kier molecular flexibility index (Phi) is 5.06. The van der Waals surface area contributed by atoms with E-state index in [4.69, 9.17) is 6.57 Å². The number of fused-ring (bicyclic) bond motifs is 10. The maximum absolute atomic E-state index is 9.63. The molecule has 0 spiro atoms. The Morgan fingerprint density at radius 2 is 1.33 bits per heavy atom. The van der Waals surface area contributed by atoms with E-state index in [0.29, 0.717) is 11.3 Å². The van der Waals surface area contributed by atoms with Crippen LogP contribution in [0, 0.1) is 17.9 Å². The molecular weight excluding hydrogens is 548 g/mol. The molecule has 0 bridgehead atoms. The van der Waals surface area contributed by atoms with Crippen LogP contribution >= 0.6 is 0 Å². The molecule has 2 aromatic heterocycles. The van der Waals surface area contributed by atoms with Crippen LogP contribution < -0.4 is 0 Å². The first kappa shape index (κ1) is 25.4. The van der Waals surface area contributed by atoms with Gasteiger partial charge in [0.05, 0.1) is 40.3 Å². The van der Waals surface area contributed by atoms with Gasteiger partial charge < -0.3 is 9.13 Å². The van der Waals surface area contributed by atoms with Gasteiger partial charge in [-0.25, -0.2) is 4.85 Å². The maximum atomic E-state index is 9.63. The highest BCUT2D eigenvalue weighted by Crippen LogP contribution is 2.53. The molecule has 8 aromatic rings. The van der Waals surface area contributed by atoms with Crippen molar-refractivity contribution in [2.24, 2.45) is 0 Å². The molecule has 210 valence electrons. The smallest absolute Gasteiger partial charge is 0.188 e. The van der Waals surface area contributed by atoms with Crippen LogP contribution in [0.5, 0.6) is 0 Å². The van der Waals surface area contributed by atoms with Gasteiger partial charge in [0.15, 0.2) is 5.69 Å². The molecule has 45 heavy (non-hydrogen) atoms. The molecule has 0 unspecified atom stereocenters. The van der Waals surface area contributed by atoms with Gasteiger partial charge in [0, 0.05) is 38.5 Å². The quantitative estimate of drug-likeness (QED) is 0.189. The van der Waals surface area contributed by atoms with Gasteiger partial charge >= 0.3 is 0 Å². The lowest BCUT2D eigenvalue weighted by atomic mass is 9.82. The van der Waals surface area contributed by atoms with Gasteiger partial charge in [0.25, 0.3) is 0 Å². The fraction of sp³-hybridized carbons (Fsp3) is 0.0732. The second kappa shape index (κ2) is 8.96. The Bertz CT molecular complexity index is 2650. The number of rotatable bonds is 2. The Morgan fingerprint density at radius 1 is 0.622 bits per heavy atom. The molecule has 1 aliphatic carbocycles. The van der Waals surface area contributed by atoms with Crippen molar-refractivity contribution in [3.63, 3.8) is 0 Å². The molecule has 0 aliphatic heterocycles. The summed E-state index contributed by atoms with van der Waals surface area (Å²) in [6, 6.07) is 44.7. The van der Waals surface area contributed by atoms with Gasteiger partial charge in [0.1, 0.15) is 0 Å². The Morgan fingerprint density at radius 3 is 2.18 bits per heavy atom. The van der Waals surface area contributed by atoms with Crippen molar-refractivity contribution in [2.75, 3.05) is 0 Å². The summed E-state index contributed by atoms with van der Waals surface area (Å²) < 4.78 is 4.68. The molecule has 0 fully saturated rings. The molecule has 6 aromatic carbocycles. The van der Waals surface area contributed by atoms with Crippen LogP contribution in [-0.4, -0.2) is 9.13 Å². The van der Waals surface area contributed by atoms with Gasteiger partial charge in [-0.3, -0.25) is 0 Å². The van der Waals surface area contributed by atoms with Gasteiger partial charge in [-0.15, -0.1) is 0 Å². The van der Waals surface area contributed by atoms with E-state index in [2.05, 4.69) is 131 Å². The lowest BCUT2D eigenvalue weighted by molar-refractivity contribution is 0.661. The molecule has 2 heterocycles. The Hall–Kier alpha value is -6.10. The minimum Gasteiger partial charge on any atom is -0.309 e. The fourth-order valence-electron chi connectivity index (χ4n) is 7.71. The highest BCUT2D eigenvalue weighted by Gasteiger charge is 2.37. The molecule has 0 atom stereocenters. The van der Waals surface area contributed by atoms with E-state index < -0.39 is 0 Å². The van der Waals surface area contributed by atoms with E-state index in [0.717, 1.165) is 49.5 Å². The van der Waals surface area contributed by atoms with E-state index in [-0.39, 0.29) is 5.41 Å². The monoisotopic (exact) mass is 574 g/mol. The van der Waals surface area contributed by atoms with Gasteiger partial charge in [0.2, 0.25) is 0 Å². The van der Waals surface area contributed by atoms with Gasteiger partial charge in [-0.2, -0.15) is 5.26 Å². The third kappa shape index (κ3) is 3.34. The Labute approximate surface area is 260 Å². The third-order valence-electron chi connectivity index (χ3n) is 9.73. The fourth-order valence-corrected chi connectivity index (χ4v) is 7.71. The highest BCUT2D eigenvalue weighted by atomic mass is 15.0. The molecule has 4 heteroatoms. The number of hydrogen-bond acceptors (Lipinski definition) is 1. The normalized spacial score (nSPS) is 13.2. The van der Waals surface area contributed by atoms with E-state index in [1.54, 1.807) is 0 Å². The summed E-state index contributed by atoms with van der Waals surface area (Å²) in [7, 11) is 0. The van der Waals surface area contributed by atoms with Crippen LogP contribution in [0.3, 0.4) is 0 Å². The predicted molar refractivity (Wildman–Crippen MR) is 184 cm³/mol. The lowest BCUT2D eigenvalue weighted by Crippen LogP contribution is -2.14. The van der Waals surface area contributed by atoms with Crippen LogP contribution in [-0.2, 0) is 5.41 Å². The van der Waals surface area contributed by atoms with Crippen molar-refractivity contribution in [2.45, 2.75) is 19.3 Å². The van der Waals surface area contributed by atoms with Crippen molar-refractivity contribution >= 4 is 49.3 Å². The van der Waals surface area contributed by atoms with Gasteiger partial charge in [-0.1, -0.05) is 80.6 Å². The van der Waals surface area contributed by atoms with Crippen molar-refractivity contribution < 1.29 is 0 Å². The summed E-state index contributed by atoms with van der Waals surface area (Å²) in [4.78, 5) is 3.78. The number of hydrogen-bond donors (Lipinski definition) is 0. The van der Waals surface area contributed by atoms with Crippen LogP contribution in [0.2, 0.25) is 0 Å². The molecule has 0 radical (unpaired) electrons. The number of aromatic nitrogens is 2. The first-order valence-corrected chi connectivity index (χ1v) is 15.1. The molecule has 9 rings (SSSR count). The molecule has 4 nitrogen and oxygen atoms in total. The van der Waals surface area contributed by atoms with Crippen molar-refractivity contribution in [3.8, 4) is 28.6 Å². The van der Waals surface area contributed by atoms with Crippen LogP contribution in [0.25, 0.3) is 71.0 Å². The zero-order chi connectivity index (χ0) is 30.4. The van der Waals surface area contributed by atoms with Crippen LogP contribution in [0.15, 0.2) is 121 Å². The average molecular weight is 575 g/mol. The summed E-state index contributed by atoms with van der Waals surface area (Å²) in [5.41, 5.74) is 12.8. The van der Waals surface area contributed by atoms with E-state index in [9.17, 15) is 5.26 Å². The zero-order valence-electron chi connectivity index (χ0n) is 24.8. The largest absolute Gasteiger partial charge is 0.309 e. The van der Waals surface area contributed by atoms with Crippen LogP contribution in [0.1, 0.15) is 30.5 Å². The second-order valence-electron chi connectivity index (χ2n) is 12.4. The number of nitrogens with zero attached hydrogens (tertiary/aromatic N) is 4. The van der Waals surface area contributed by atoms with Crippen molar-refractivity contribution in [1.29, 1.82) is 5.26 Å².